The Bertz CT molecular complexity index is 850. The van der Waals surface area contributed by atoms with Crippen LogP contribution in [0.3, 0.4) is 0 Å². The number of ketones is 2. The van der Waals surface area contributed by atoms with Crippen LogP contribution in [0.15, 0.2) is 35.4 Å². The third-order valence-corrected chi connectivity index (χ3v) is 3.06. The highest BCUT2D eigenvalue weighted by molar-refractivity contribution is 5.97. The lowest BCUT2D eigenvalue weighted by Gasteiger charge is -2.10. The van der Waals surface area contributed by atoms with E-state index in [2.05, 4.69) is 9.97 Å². The van der Waals surface area contributed by atoms with Gasteiger partial charge in [-0.1, -0.05) is 11.6 Å². The van der Waals surface area contributed by atoms with Crippen molar-refractivity contribution in [1.29, 1.82) is 0 Å². The molecule has 1 aromatic heterocycles. The smallest absolute Gasteiger partial charge is 0.261 e. The number of hydrogen-bond donors (Lipinski definition) is 1. The number of rotatable bonds is 5. The predicted octanol–water partition coefficient (Wildman–Crippen LogP) is 2.68. The molecule has 0 saturated carbocycles. The van der Waals surface area contributed by atoms with Crippen LogP contribution < -0.4 is 10.3 Å². The van der Waals surface area contributed by atoms with Crippen LogP contribution >= 0.6 is 0 Å². The number of carbonyl (C=O) groups is 2. The number of aromatic amines is 1. The summed E-state index contributed by atoms with van der Waals surface area (Å²) in [7, 11) is 0. The summed E-state index contributed by atoms with van der Waals surface area (Å²) in [6.07, 6.45) is 3.79. The monoisotopic (exact) mass is 312 g/mol. The van der Waals surface area contributed by atoms with E-state index in [0.717, 1.165) is 5.56 Å². The van der Waals surface area contributed by atoms with Crippen LogP contribution in [0.4, 0.5) is 0 Å². The molecule has 0 spiro atoms. The normalized spacial score (nSPS) is 10.7. The van der Waals surface area contributed by atoms with Gasteiger partial charge in [-0.3, -0.25) is 14.4 Å². The molecule has 0 fully saturated rings. The number of H-pyrrole nitrogens is 1. The minimum Gasteiger partial charge on any atom is -0.437 e. The summed E-state index contributed by atoms with van der Waals surface area (Å²) in [4.78, 5) is 41.1. The number of carbonyl (C=O) groups excluding carboxylic acids is 2. The average Bonchev–Trinajstić information content (AvgIpc) is 2.48. The van der Waals surface area contributed by atoms with Crippen LogP contribution in [0.25, 0.3) is 6.08 Å². The largest absolute Gasteiger partial charge is 0.437 e. The lowest BCUT2D eigenvalue weighted by atomic mass is 10.1. The topological polar surface area (TPSA) is 89.1 Å². The summed E-state index contributed by atoms with van der Waals surface area (Å²) in [6, 6.07) is 5.14. The van der Waals surface area contributed by atoms with E-state index < -0.39 is 5.56 Å². The van der Waals surface area contributed by atoms with Crippen LogP contribution in [0.1, 0.15) is 35.3 Å². The number of aromatic nitrogens is 2. The van der Waals surface area contributed by atoms with Gasteiger partial charge in [0.05, 0.1) is 11.9 Å². The number of benzene rings is 1. The molecule has 6 nitrogen and oxygen atoms in total. The molecule has 0 aliphatic carbocycles. The Labute approximate surface area is 132 Å². The molecule has 1 heterocycles. The van der Waals surface area contributed by atoms with E-state index in [1.165, 1.54) is 32.3 Å². The maximum atomic E-state index is 11.9. The van der Waals surface area contributed by atoms with Crippen LogP contribution in [-0.2, 0) is 4.79 Å². The fourth-order valence-electron chi connectivity index (χ4n) is 1.94. The third kappa shape index (κ3) is 4.00. The van der Waals surface area contributed by atoms with Gasteiger partial charge in [0, 0.05) is 0 Å². The summed E-state index contributed by atoms with van der Waals surface area (Å²) in [5.41, 5.74) is 0.980. The Morgan fingerprint density at radius 3 is 2.65 bits per heavy atom. The number of nitrogens with zero attached hydrogens (tertiary/aromatic N) is 1. The molecular formula is C17H16N2O4. The Morgan fingerprint density at radius 1 is 1.26 bits per heavy atom. The predicted molar refractivity (Wildman–Crippen MR) is 85.8 cm³/mol. The van der Waals surface area contributed by atoms with E-state index in [9.17, 15) is 14.4 Å². The van der Waals surface area contributed by atoms with Gasteiger partial charge >= 0.3 is 0 Å². The second-order valence-corrected chi connectivity index (χ2v) is 5.05. The highest BCUT2D eigenvalue weighted by Crippen LogP contribution is 2.27. The van der Waals surface area contributed by atoms with Gasteiger partial charge in [0.1, 0.15) is 11.3 Å². The number of aryl methyl sites for hydroxylation is 1. The quantitative estimate of drug-likeness (QED) is 0.677. The van der Waals surface area contributed by atoms with Crippen molar-refractivity contribution < 1.29 is 14.3 Å². The SMILES string of the molecule is CC(=O)/C=C/c1c(Oc2ccc(C)cc2C(C)=O)nc[nH]c1=O. The molecule has 118 valence electrons. The van der Waals surface area contributed by atoms with Gasteiger partial charge < -0.3 is 9.72 Å². The maximum absolute atomic E-state index is 11.9. The van der Waals surface area contributed by atoms with E-state index in [1.54, 1.807) is 18.2 Å². The number of ether oxygens (including phenoxy) is 1. The van der Waals surface area contributed by atoms with E-state index in [1.807, 2.05) is 6.92 Å². The molecule has 0 unspecified atom stereocenters. The van der Waals surface area contributed by atoms with Gasteiger partial charge in [-0.2, -0.15) is 0 Å². The fraction of sp³-hybridized carbons (Fsp3) is 0.176. The van der Waals surface area contributed by atoms with Crippen LogP contribution in [0.2, 0.25) is 0 Å². The van der Waals surface area contributed by atoms with Crippen molar-refractivity contribution in [1.82, 2.24) is 9.97 Å². The molecule has 0 aliphatic rings. The van der Waals surface area contributed by atoms with Crippen molar-refractivity contribution in [3.05, 3.63) is 57.6 Å². The zero-order chi connectivity index (χ0) is 17.0. The third-order valence-electron chi connectivity index (χ3n) is 3.06. The molecular weight excluding hydrogens is 296 g/mol. The second kappa shape index (κ2) is 6.83. The number of hydrogen-bond acceptors (Lipinski definition) is 5. The van der Waals surface area contributed by atoms with Crippen LogP contribution in [-0.4, -0.2) is 21.5 Å². The van der Waals surface area contributed by atoms with E-state index in [-0.39, 0.29) is 23.0 Å². The minimum atomic E-state index is -0.441. The fourth-order valence-corrected chi connectivity index (χ4v) is 1.94. The molecule has 0 amide bonds. The van der Waals surface area contributed by atoms with Gasteiger partial charge in [0.25, 0.3) is 5.56 Å². The first kappa shape index (κ1) is 16.4. The first-order valence-corrected chi connectivity index (χ1v) is 6.94. The molecule has 0 radical (unpaired) electrons. The molecule has 23 heavy (non-hydrogen) atoms. The molecule has 0 aliphatic heterocycles. The van der Waals surface area contributed by atoms with Gasteiger partial charge in [-0.15, -0.1) is 0 Å². The summed E-state index contributed by atoms with van der Waals surface area (Å²) in [5.74, 6) is -0.0374. The number of Topliss-reactive ketones (excluding diaryl/α,β-unsaturated/α-hetero) is 1. The lowest BCUT2D eigenvalue weighted by Crippen LogP contribution is -2.12. The molecule has 0 bridgehead atoms. The minimum absolute atomic E-state index is 0.0256. The van der Waals surface area contributed by atoms with Crippen molar-refractivity contribution in [2.75, 3.05) is 0 Å². The van der Waals surface area contributed by atoms with Crippen molar-refractivity contribution >= 4 is 17.6 Å². The van der Waals surface area contributed by atoms with Gasteiger partial charge in [0.15, 0.2) is 11.6 Å². The molecule has 1 aromatic carbocycles. The highest BCUT2D eigenvalue weighted by Gasteiger charge is 2.14. The van der Waals surface area contributed by atoms with E-state index >= 15 is 0 Å². The second-order valence-electron chi connectivity index (χ2n) is 5.05. The van der Waals surface area contributed by atoms with Gasteiger partial charge in [0.2, 0.25) is 5.88 Å². The van der Waals surface area contributed by atoms with Crippen LogP contribution in [0, 0.1) is 6.92 Å². The van der Waals surface area contributed by atoms with Crippen LogP contribution in [0.5, 0.6) is 11.6 Å². The lowest BCUT2D eigenvalue weighted by molar-refractivity contribution is -0.112. The Hall–Kier alpha value is -3.02. The van der Waals surface area contributed by atoms with Crippen molar-refractivity contribution in [3.63, 3.8) is 0 Å². The Morgan fingerprint density at radius 2 is 2.00 bits per heavy atom. The summed E-state index contributed by atoms with van der Waals surface area (Å²) in [5, 5.41) is 0. The molecule has 1 N–H and O–H groups in total. The molecule has 2 rings (SSSR count). The number of nitrogens with one attached hydrogen (secondary N) is 1. The molecule has 0 saturated heterocycles. The Kier molecular flexibility index (Phi) is 4.85. The van der Waals surface area contributed by atoms with Crippen molar-refractivity contribution in [3.8, 4) is 11.6 Å². The first-order valence-electron chi connectivity index (χ1n) is 6.94. The molecule has 6 heteroatoms. The van der Waals surface area contributed by atoms with E-state index in [0.29, 0.717) is 11.3 Å². The van der Waals surface area contributed by atoms with E-state index in [4.69, 9.17) is 4.74 Å². The highest BCUT2D eigenvalue weighted by atomic mass is 16.5. The Balaban J connectivity index is 2.49. The molecule has 2 aromatic rings. The summed E-state index contributed by atoms with van der Waals surface area (Å²) in [6.45, 7) is 4.67. The summed E-state index contributed by atoms with van der Waals surface area (Å²) >= 11 is 0. The average molecular weight is 312 g/mol. The maximum Gasteiger partial charge on any atom is 0.261 e. The number of allylic oxidation sites excluding steroid dienone is 1. The molecule has 0 atom stereocenters. The van der Waals surface area contributed by atoms with Gasteiger partial charge in [-0.25, -0.2) is 4.98 Å². The first-order chi connectivity index (χ1) is 10.9. The summed E-state index contributed by atoms with van der Waals surface area (Å²) < 4.78 is 5.66. The zero-order valence-electron chi connectivity index (χ0n) is 13.0. The van der Waals surface area contributed by atoms with Crippen molar-refractivity contribution in [2.45, 2.75) is 20.8 Å². The zero-order valence-corrected chi connectivity index (χ0v) is 13.0. The van der Waals surface area contributed by atoms with Gasteiger partial charge in [-0.05, 0) is 45.1 Å². The standard InChI is InChI=1S/C17H16N2O4/c1-10-4-7-15(14(8-10)12(3)21)23-17-13(6-5-11(2)20)16(22)18-9-19-17/h4-9H,1-3H3,(H,18,19,22)/b6-5+. The van der Waals surface area contributed by atoms with Crippen molar-refractivity contribution in [2.24, 2.45) is 0 Å².